The fourth-order valence-electron chi connectivity index (χ4n) is 1.17. The van der Waals surface area contributed by atoms with Crippen LogP contribution < -0.4 is 10.5 Å². The van der Waals surface area contributed by atoms with Crippen molar-refractivity contribution in [3.05, 3.63) is 29.8 Å². The summed E-state index contributed by atoms with van der Waals surface area (Å²) in [6, 6.07) is 7.18. The van der Waals surface area contributed by atoms with Gasteiger partial charge in [0.1, 0.15) is 5.75 Å². The molecule has 1 aromatic carbocycles. The van der Waals surface area contributed by atoms with Crippen LogP contribution in [-0.2, 0) is 0 Å². The van der Waals surface area contributed by atoms with Gasteiger partial charge < -0.3 is 15.6 Å². The number of aliphatic hydroxyl groups excluding tert-OH is 1. The number of rotatable bonds is 4. The summed E-state index contributed by atoms with van der Waals surface area (Å²) in [6.07, 6.45) is 0.173. The first-order valence-electron chi connectivity index (χ1n) is 4.76. The first-order chi connectivity index (χ1) is 6.63. The van der Waals surface area contributed by atoms with Gasteiger partial charge in [0.15, 0.2) is 0 Å². The minimum absolute atomic E-state index is 0. The van der Waals surface area contributed by atoms with Crippen molar-refractivity contribution in [2.45, 2.75) is 26.0 Å². The van der Waals surface area contributed by atoms with E-state index in [0.29, 0.717) is 0 Å². The molecule has 0 aliphatic rings. The Labute approximate surface area is 96.7 Å². The van der Waals surface area contributed by atoms with Gasteiger partial charge in [-0.3, -0.25) is 0 Å². The molecule has 3 nitrogen and oxygen atoms in total. The number of halogens is 1. The quantitative estimate of drug-likeness (QED) is 0.832. The maximum Gasteiger partial charge on any atom is 0.119 e. The molecule has 0 fully saturated rings. The molecule has 0 saturated heterocycles. The summed E-state index contributed by atoms with van der Waals surface area (Å²) in [6.45, 7) is 3.92. The van der Waals surface area contributed by atoms with E-state index in [9.17, 15) is 0 Å². The van der Waals surface area contributed by atoms with Crippen LogP contribution in [0.2, 0.25) is 0 Å². The molecule has 0 unspecified atom stereocenters. The molecule has 0 radical (unpaired) electrons. The Kier molecular flexibility index (Phi) is 6.32. The number of nitrogens with two attached hydrogens (primary N) is 1. The molecule has 0 spiro atoms. The van der Waals surface area contributed by atoms with E-state index in [4.69, 9.17) is 15.6 Å². The smallest absolute Gasteiger partial charge is 0.119 e. The SMILES string of the molecule is CC(C)Oc1ccc([C@@H](N)CO)cc1.Cl. The Morgan fingerprint density at radius 1 is 1.27 bits per heavy atom. The molecule has 0 bridgehead atoms. The summed E-state index contributed by atoms with van der Waals surface area (Å²) >= 11 is 0. The summed E-state index contributed by atoms with van der Waals surface area (Å²) in [5, 5.41) is 8.85. The molecule has 0 aliphatic carbocycles. The normalized spacial score (nSPS) is 12.1. The van der Waals surface area contributed by atoms with Gasteiger partial charge in [-0.15, -0.1) is 12.4 Å². The van der Waals surface area contributed by atoms with Crippen molar-refractivity contribution in [1.29, 1.82) is 0 Å². The van der Waals surface area contributed by atoms with Crippen molar-refractivity contribution in [3.63, 3.8) is 0 Å². The van der Waals surface area contributed by atoms with E-state index in [-0.39, 0.29) is 31.2 Å². The lowest BCUT2D eigenvalue weighted by Crippen LogP contribution is -2.14. The second-order valence-electron chi connectivity index (χ2n) is 3.52. The Bertz CT molecular complexity index is 274. The standard InChI is InChI=1S/C11H17NO2.ClH/c1-8(2)14-10-5-3-9(4-6-10)11(12)7-13;/h3-6,8,11,13H,7,12H2,1-2H3;1H/t11-;/m0./s1. The van der Waals surface area contributed by atoms with Crippen LogP contribution in [0, 0.1) is 0 Å². The van der Waals surface area contributed by atoms with Crippen LogP contribution in [0.5, 0.6) is 5.75 Å². The highest BCUT2D eigenvalue weighted by molar-refractivity contribution is 5.85. The second kappa shape index (κ2) is 6.67. The molecular formula is C11H18ClNO2. The number of hydrogen-bond donors (Lipinski definition) is 2. The van der Waals surface area contributed by atoms with Crippen LogP contribution in [0.15, 0.2) is 24.3 Å². The van der Waals surface area contributed by atoms with Crippen LogP contribution >= 0.6 is 12.4 Å². The summed E-state index contributed by atoms with van der Waals surface area (Å²) < 4.78 is 5.48. The Morgan fingerprint density at radius 2 is 1.80 bits per heavy atom. The van der Waals surface area contributed by atoms with Crippen molar-refractivity contribution in [2.24, 2.45) is 5.73 Å². The number of ether oxygens (including phenoxy) is 1. The van der Waals surface area contributed by atoms with Crippen molar-refractivity contribution in [3.8, 4) is 5.75 Å². The highest BCUT2D eigenvalue weighted by Gasteiger charge is 2.04. The lowest BCUT2D eigenvalue weighted by Gasteiger charge is -2.12. The van der Waals surface area contributed by atoms with E-state index in [1.165, 1.54) is 0 Å². The lowest BCUT2D eigenvalue weighted by molar-refractivity contribution is 0.242. The van der Waals surface area contributed by atoms with E-state index in [1.54, 1.807) is 0 Å². The number of benzene rings is 1. The third-order valence-corrected chi connectivity index (χ3v) is 1.88. The van der Waals surface area contributed by atoms with Crippen molar-refractivity contribution in [2.75, 3.05) is 6.61 Å². The van der Waals surface area contributed by atoms with Gasteiger partial charge in [-0.05, 0) is 31.5 Å². The van der Waals surface area contributed by atoms with Gasteiger partial charge >= 0.3 is 0 Å². The predicted molar refractivity (Wildman–Crippen MR) is 63.5 cm³/mol. The molecule has 3 N–H and O–H groups in total. The molecule has 86 valence electrons. The molecule has 0 aromatic heterocycles. The van der Waals surface area contributed by atoms with Crippen LogP contribution in [-0.4, -0.2) is 17.8 Å². The largest absolute Gasteiger partial charge is 0.491 e. The zero-order valence-electron chi connectivity index (χ0n) is 9.01. The topological polar surface area (TPSA) is 55.5 Å². The summed E-state index contributed by atoms with van der Waals surface area (Å²) in [4.78, 5) is 0. The summed E-state index contributed by atoms with van der Waals surface area (Å²) in [7, 11) is 0. The molecule has 0 saturated carbocycles. The van der Waals surface area contributed by atoms with Crippen molar-refractivity contribution in [1.82, 2.24) is 0 Å². The van der Waals surface area contributed by atoms with Crippen molar-refractivity contribution < 1.29 is 9.84 Å². The fraction of sp³-hybridized carbons (Fsp3) is 0.455. The summed E-state index contributed by atoms with van der Waals surface area (Å²) in [5.41, 5.74) is 6.57. The van der Waals surface area contributed by atoms with Crippen LogP contribution in [0.3, 0.4) is 0 Å². The monoisotopic (exact) mass is 231 g/mol. The second-order valence-corrected chi connectivity index (χ2v) is 3.52. The van der Waals surface area contributed by atoms with E-state index in [2.05, 4.69) is 0 Å². The first kappa shape index (κ1) is 14.2. The molecule has 0 aliphatic heterocycles. The minimum atomic E-state index is -0.303. The maximum absolute atomic E-state index is 8.85. The minimum Gasteiger partial charge on any atom is -0.491 e. The average Bonchev–Trinajstić information content (AvgIpc) is 2.17. The van der Waals surface area contributed by atoms with Crippen LogP contribution in [0.25, 0.3) is 0 Å². The molecule has 1 aromatic rings. The van der Waals surface area contributed by atoms with Crippen molar-refractivity contribution >= 4 is 12.4 Å². The average molecular weight is 232 g/mol. The predicted octanol–water partition coefficient (Wildman–Crippen LogP) is 1.89. The Hall–Kier alpha value is -0.770. The summed E-state index contributed by atoms with van der Waals surface area (Å²) in [5.74, 6) is 0.828. The zero-order valence-corrected chi connectivity index (χ0v) is 9.83. The van der Waals surface area contributed by atoms with Crippen LogP contribution in [0.4, 0.5) is 0 Å². The molecule has 0 amide bonds. The lowest BCUT2D eigenvalue weighted by atomic mass is 10.1. The molecule has 1 rings (SSSR count). The number of aliphatic hydroxyl groups is 1. The van der Waals surface area contributed by atoms with Gasteiger partial charge in [-0.25, -0.2) is 0 Å². The van der Waals surface area contributed by atoms with E-state index in [1.807, 2.05) is 38.1 Å². The molecule has 4 heteroatoms. The molecule has 1 atom stereocenters. The zero-order chi connectivity index (χ0) is 10.6. The van der Waals surface area contributed by atoms with Gasteiger partial charge in [-0.1, -0.05) is 12.1 Å². The number of hydrogen-bond acceptors (Lipinski definition) is 3. The van der Waals surface area contributed by atoms with E-state index >= 15 is 0 Å². The first-order valence-corrected chi connectivity index (χ1v) is 4.76. The Morgan fingerprint density at radius 3 is 2.20 bits per heavy atom. The van der Waals surface area contributed by atoms with E-state index < -0.39 is 0 Å². The molecule has 0 heterocycles. The third-order valence-electron chi connectivity index (χ3n) is 1.88. The van der Waals surface area contributed by atoms with Crippen LogP contribution in [0.1, 0.15) is 25.5 Å². The maximum atomic E-state index is 8.85. The highest BCUT2D eigenvalue weighted by atomic mass is 35.5. The Balaban J connectivity index is 0.00000196. The highest BCUT2D eigenvalue weighted by Crippen LogP contribution is 2.17. The van der Waals surface area contributed by atoms with Gasteiger partial charge in [0.05, 0.1) is 18.8 Å². The van der Waals surface area contributed by atoms with Gasteiger partial charge in [0.2, 0.25) is 0 Å². The van der Waals surface area contributed by atoms with Gasteiger partial charge in [0.25, 0.3) is 0 Å². The molecule has 15 heavy (non-hydrogen) atoms. The van der Waals surface area contributed by atoms with Gasteiger partial charge in [0, 0.05) is 0 Å². The van der Waals surface area contributed by atoms with Gasteiger partial charge in [-0.2, -0.15) is 0 Å². The third kappa shape index (κ3) is 4.51. The molecular weight excluding hydrogens is 214 g/mol. The fourth-order valence-corrected chi connectivity index (χ4v) is 1.17. The van der Waals surface area contributed by atoms with E-state index in [0.717, 1.165) is 11.3 Å².